The van der Waals surface area contributed by atoms with Crippen molar-refractivity contribution in [3.63, 3.8) is 0 Å². The summed E-state index contributed by atoms with van der Waals surface area (Å²) >= 11 is 0. The lowest BCUT2D eigenvalue weighted by Crippen LogP contribution is -2.22. The van der Waals surface area contributed by atoms with E-state index in [0.29, 0.717) is 47.5 Å². The topological polar surface area (TPSA) is 52.6 Å². The molecular weight excluding hydrogens is 457 g/mol. The fourth-order valence-corrected chi connectivity index (χ4v) is 4.63. The molecule has 0 bridgehead atoms. The Morgan fingerprint density at radius 1 is 0.914 bits per heavy atom. The molecular formula is C28H23F3O4. The Labute approximate surface area is 200 Å². The van der Waals surface area contributed by atoms with E-state index < -0.39 is 17.2 Å². The maximum Gasteiger partial charge on any atom is 0.417 e. The zero-order valence-corrected chi connectivity index (χ0v) is 19.1. The molecule has 0 spiro atoms. The number of Topliss-reactive ketones (excluding diaryl/α,β-unsaturated/α-hetero) is 2. The van der Waals surface area contributed by atoms with Crippen molar-refractivity contribution in [2.24, 2.45) is 0 Å². The van der Waals surface area contributed by atoms with Crippen LogP contribution in [0.2, 0.25) is 0 Å². The maximum absolute atomic E-state index is 14.0. The van der Waals surface area contributed by atoms with Gasteiger partial charge in [0.1, 0.15) is 5.78 Å². The molecule has 0 N–H and O–H groups in total. The van der Waals surface area contributed by atoms with E-state index in [1.807, 2.05) is 6.07 Å². The molecule has 1 saturated carbocycles. The fraction of sp³-hybridized carbons (Fsp3) is 0.286. The number of hydrogen-bond acceptors (Lipinski definition) is 4. The SMILES string of the molecule is CCC(=O)c1ccc(-c2ccc(CC(=O)C3(c4ccc5c(c4)OCO5)CC3)cc2C(F)(F)F)cc1. The highest BCUT2D eigenvalue weighted by Gasteiger charge is 2.51. The van der Waals surface area contributed by atoms with Gasteiger partial charge in [0.05, 0.1) is 11.0 Å². The monoisotopic (exact) mass is 480 g/mol. The minimum atomic E-state index is -4.60. The molecule has 4 nitrogen and oxygen atoms in total. The van der Waals surface area contributed by atoms with E-state index in [0.717, 1.165) is 11.6 Å². The molecule has 0 aromatic heterocycles. The molecule has 1 aliphatic carbocycles. The zero-order valence-electron chi connectivity index (χ0n) is 19.1. The van der Waals surface area contributed by atoms with Gasteiger partial charge in [-0.25, -0.2) is 0 Å². The van der Waals surface area contributed by atoms with Crippen molar-refractivity contribution in [1.29, 1.82) is 0 Å². The van der Waals surface area contributed by atoms with Gasteiger partial charge in [0.15, 0.2) is 17.3 Å². The fourth-order valence-electron chi connectivity index (χ4n) is 4.63. The minimum Gasteiger partial charge on any atom is -0.454 e. The van der Waals surface area contributed by atoms with E-state index in [2.05, 4.69) is 0 Å². The molecule has 0 radical (unpaired) electrons. The Balaban J connectivity index is 1.42. The summed E-state index contributed by atoms with van der Waals surface area (Å²) in [5.41, 5.74) is 0.468. The van der Waals surface area contributed by atoms with E-state index in [9.17, 15) is 22.8 Å². The lowest BCUT2D eigenvalue weighted by Gasteiger charge is -2.18. The first kappa shape index (κ1) is 23.1. The molecule has 1 aliphatic heterocycles. The molecule has 35 heavy (non-hydrogen) atoms. The maximum atomic E-state index is 14.0. The van der Waals surface area contributed by atoms with Crippen LogP contribution in [0.15, 0.2) is 60.7 Å². The summed E-state index contributed by atoms with van der Waals surface area (Å²) in [5.74, 6) is 1.02. The van der Waals surface area contributed by atoms with Gasteiger partial charge in [0.25, 0.3) is 0 Å². The third-order valence-corrected chi connectivity index (χ3v) is 6.80. The van der Waals surface area contributed by atoms with Gasteiger partial charge in [0, 0.05) is 18.4 Å². The number of fused-ring (bicyclic) bond motifs is 1. The first-order valence-corrected chi connectivity index (χ1v) is 11.5. The average Bonchev–Trinajstić information content (AvgIpc) is 3.54. The highest BCUT2D eigenvalue weighted by atomic mass is 19.4. The third-order valence-electron chi connectivity index (χ3n) is 6.80. The Hall–Kier alpha value is -3.61. The minimum absolute atomic E-state index is 0.0149. The Kier molecular flexibility index (Phi) is 5.66. The highest BCUT2D eigenvalue weighted by Crippen LogP contribution is 2.51. The second-order valence-electron chi connectivity index (χ2n) is 8.98. The van der Waals surface area contributed by atoms with Crippen LogP contribution in [0.1, 0.15) is 53.2 Å². The smallest absolute Gasteiger partial charge is 0.417 e. The van der Waals surface area contributed by atoms with Crippen molar-refractivity contribution in [2.75, 3.05) is 6.79 Å². The van der Waals surface area contributed by atoms with Crippen LogP contribution in [-0.4, -0.2) is 18.4 Å². The van der Waals surface area contributed by atoms with Gasteiger partial charge in [-0.05, 0) is 53.3 Å². The van der Waals surface area contributed by atoms with Crippen molar-refractivity contribution < 1.29 is 32.2 Å². The van der Waals surface area contributed by atoms with E-state index in [1.54, 1.807) is 37.3 Å². The molecule has 5 rings (SSSR count). The summed E-state index contributed by atoms with van der Waals surface area (Å²) < 4.78 is 52.7. The molecule has 0 saturated heterocycles. The first-order chi connectivity index (χ1) is 16.7. The number of ketones is 2. The number of rotatable bonds is 7. The Morgan fingerprint density at radius 3 is 2.29 bits per heavy atom. The summed E-state index contributed by atoms with van der Waals surface area (Å²) in [6.45, 7) is 1.86. The summed E-state index contributed by atoms with van der Waals surface area (Å²) in [6, 6.07) is 15.6. The molecule has 1 fully saturated rings. The van der Waals surface area contributed by atoms with E-state index >= 15 is 0 Å². The standard InChI is InChI=1S/C28H23F3O4/c1-2-23(32)19-6-4-18(5-7-19)21-9-3-17(13-22(21)28(29,30)31)14-26(33)27(11-12-27)20-8-10-24-25(15-20)35-16-34-24/h3-10,13,15H,2,11-12,14,16H2,1H3. The summed E-state index contributed by atoms with van der Waals surface area (Å²) in [7, 11) is 0. The van der Waals surface area contributed by atoms with Gasteiger partial charge in [-0.15, -0.1) is 0 Å². The third kappa shape index (κ3) is 4.31. The number of ether oxygens (including phenoxy) is 2. The van der Waals surface area contributed by atoms with E-state index in [1.165, 1.54) is 18.2 Å². The van der Waals surface area contributed by atoms with Gasteiger partial charge in [-0.2, -0.15) is 13.2 Å². The lowest BCUT2D eigenvalue weighted by atomic mass is 9.86. The van der Waals surface area contributed by atoms with Crippen LogP contribution >= 0.6 is 0 Å². The van der Waals surface area contributed by atoms with Crippen LogP contribution in [0.4, 0.5) is 13.2 Å². The normalized spacial score (nSPS) is 15.7. The Morgan fingerprint density at radius 2 is 1.63 bits per heavy atom. The molecule has 0 amide bonds. The number of hydrogen-bond donors (Lipinski definition) is 0. The zero-order chi connectivity index (χ0) is 24.8. The van der Waals surface area contributed by atoms with E-state index in [-0.39, 0.29) is 30.3 Å². The predicted octanol–water partition coefficient (Wildman–Crippen LogP) is 6.54. The molecule has 0 atom stereocenters. The average molecular weight is 480 g/mol. The highest BCUT2D eigenvalue weighted by molar-refractivity contribution is 5.96. The largest absolute Gasteiger partial charge is 0.454 e. The van der Waals surface area contributed by atoms with Gasteiger partial charge >= 0.3 is 6.18 Å². The van der Waals surface area contributed by atoms with Crippen LogP contribution in [0.25, 0.3) is 11.1 Å². The van der Waals surface area contributed by atoms with Crippen molar-refractivity contribution in [3.05, 3.63) is 82.9 Å². The van der Waals surface area contributed by atoms with Gasteiger partial charge in [0.2, 0.25) is 6.79 Å². The van der Waals surface area contributed by atoms with Gasteiger partial charge < -0.3 is 9.47 Å². The number of benzene rings is 3. The summed E-state index contributed by atoms with van der Waals surface area (Å²) in [4.78, 5) is 25.1. The van der Waals surface area contributed by atoms with Gasteiger partial charge in [-0.3, -0.25) is 9.59 Å². The van der Waals surface area contributed by atoms with Crippen molar-refractivity contribution in [1.82, 2.24) is 0 Å². The second-order valence-corrected chi connectivity index (χ2v) is 8.98. The summed E-state index contributed by atoms with van der Waals surface area (Å²) in [6.07, 6.45) is -3.07. The Bertz CT molecular complexity index is 1300. The molecule has 3 aromatic carbocycles. The number of alkyl halides is 3. The summed E-state index contributed by atoms with van der Waals surface area (Å²) in [5, 5.41) is 0. The molecule has 1 heterocycles. The lowest BCUT2D eigenvalue weighted by molar-refractivity contribution is -0.137. The van der Waals surface area contributed by atoms with Crippen LogP contribution < -0.4 is 9.47 Å². The van der Waals surface area contributed by atoms with Gasteiger partial charge in [-0.1, -0.05) is 49.4 Å². The number of halogens is 3. The second kappa shape index (κ2) is 8.56. The number of carbonyl (C=O) groups is 2. The van der Waals surface area contributed by atoms with Crippen molar-refractivity contribution >= 4 is 11.6 Å². The van der Waals surface area contributed by atoms with Crippen molar-refractivity contribution in [2.45, 2.75) is 44.2 Å². The quantitative estimate of drug-likeness (QED) is 0.361. The predicted molar refractivity (Wildman–Crippen MR) is 124 cm³/mol. The molecule has 180 valence electrons. The molecule has 3 aromatic rings. The van der Waals surface area contributed by atoms with Crippen LogP contribution in [0, 0.1) is 0 Å². The molecule has 7 heteroatoms. The van der Waals surface area contributed by atoms with Crippen LogP contribution in [-0.2, 0) is 22.8 Å². The molecule has 0 unspecified atom stereocenters. The first-order valence-electron chi connectivity index (χ1n) is 11.5. The van der Waals surface area contributed by atoms with Crippen molar-refractivity contribution in [3.8, 4) is 22.6 Å². The van der Waals surface area contributed by atoms with E-state index in [4.69, 9.17) is 9.47 Å². The van der Waals surface area contributed by atoms with Crippen LogP contribution in [0.3, 0.4) is 0 Å². The number of carbonyl (C=O) groups excluding carboxylic acids is 2. The van der Waals surface area contributed by atoms with Crippen LogP contribution in [0.5, 0.6) is 11.5 Å². The molecule has 2 aliphatic rings.